The number of nitrogens with one attached hydrogen (secondary N) is 2. The average molecular weight is 867 g/mol. The molecule has 1 saturated heterocycles. The van der Waals surface area contributed by atoms with Gasteiger partial charge in [-0.2, -0.15) is 0 Å². The van der Waals surface area contributed by atoms with E-state index in [0.29, 0.717) is 43.7 Å². The number of amides is 3. The number of phenols is 1. The van der Waals surface area contributed by atoms with E-state index in [2.05, 4.69) is 48.2 Å². The highest BCUT2D eigenvalue weighted by atomic mass is 16.5. The number of aromatic hydroxyl groups is 1. The highest BCUT2D eigenvalue weighted by Crippen LogP contribution is 2.48. The normalized spacial score (nSPS) is 16.3. The molecule has 0 spiro atoms. The Morgan fingerprint density at radius 3 is 2.43 bits per heavy atom. The number of likely N-dealkylation sites (N-methyl/N-ethyl adjacent to an activating group) is 1. The number of ether oxygens (including phenoxy) is 2. The molecule has 1 aliphatic heterocycles. The zero-order chi connectivity index (χ0) is 45.8. The van der Waals surface area contributed by atoms with Crippen LogP contribution in [0.4, 0.5) is 0 Å². The molecule has 2 aliphatic rings. The Morgan fingerprint density at radius 1 is 1.06 bits per heavy atom. The fourth-order valence-corrected chi connectivity index (χ4v) is 9.01. The van der Waals surface area contributed by atoms with E-state index in [-0.39, 0.29) is 43.6 Å². The summed E-state index contributed by atoms with van der Waals surface area (Å²) in [6.07, 6.45) is 4.10. The largest absolute Gasteiger partial charge is 0.508 e. The lowest BCUT2D eigenvalue weighted by Gasteiger charge is -2.35. The molecule has 338 valence electrons. The molecule has 0 bridgehead atoms. The van der Waals surface area contributed by atoms with Gasteiger partial charge in [0, 0.05) is 68.3 Å². The molecule has 63 heavy (non-hydrogen) atoms. The molecular formula is C48H62N6O9. The van der Waals surface area contributed by atoms with E-state index in [1.54, 1.807) is 39.3 Å². The molecule has 3 atom stereocenters. The van der Waals surface area contributed by atoms with Crippen molar-refractivity contribution in [3.05, 3.63) is 71.5 Å². The van der Waals surface area contributed by atoms with Gasteiger partial charge in [-0.25, -0.2) is 5.43 Å². The van der Waals surface area contributed by atoms with Gasteiger partial charge < -0.3 is 34.5 Å². The molecule has 6 rings (SSSR count). The van der Waals surface area contributed by atoms with E-state index in [4.69, 9.17) is 14.5 Å². The Labute approximate surface area is 369 Å². The number of carbonyl (C=O) groups is 5. The molecule has 4 aromatic rings. The molecule has 3 amide bonds. The van der Waals surface area contributed by atoms with Gasteiger partial charge in [0.25, 0.3) is 12.4 Å². The van der Waals surface area contributed by atoms with Crippen molar-refractivity contribution in [2.24, 2.45) is 16.7 Å². The maximum atomic E-state index is 14.2. The van der Waals surface area contributed by atoms with E-state index in [1.165, 1.54) is 17.0 Å². The van der Waals surface area contributed by atoms with Crippen molar-refractivity contribution < 1.29 is 43.7 Å². The fourth-order valence-electron chi connectivity index (χ4n) is 9.01. The predicted octanol–water partition coefficient (Wildman–Crippen LogP) is 6.05. The highest BCUT2D eigenvalue weighted by molar-refractivity contribution is 6.06. The molecule has 4 N–H and O–H groups in total. The summed E-state index contributed by atoms with van der Waals surface area (Å²) in [4.78, 5) is 71.3. The lowest BCUT2D eigenvalue weighted by Crippen LogP contribution is -2.60. The van der Waals surface area contributed by atoms with Crippen molar-refractivity contribution in [2.75, 3.05) is 33.9 Å². The number of hydrogen-bond donors (Lipinski definition) is 4. The number of nitrogens with zero attached hydrogens (tertiary/aromatic N) is 4. The third kappa shape index (κ3) is 9.89. The van der Waals surface area contributed by atoms with Gasteiger partial charge in [0.15, 0.2) is 0 Å². The maximum Gasteiger partial charge on any atom is 0.319 e. The van der Waals surface area contributed by atoms with Gasteiger partial charge >= 0.3 is 5.97 Å². The number of benzene rings is 2. The molecule has 2 fully saturated rings. The van der Waals surface area contributed by atoms with Gasteiger partial charge in [-0.15, -0.1) is 0 Å². The number of pyridine rings is 1. The third-order valence-corrected chi connectivity index (χ3v) is 12.5. The number of aromatic nitrogens is 2. The van der Waals surface area contributed by atoms with Crippen molar-refractivity contribution in [1.82, 2.24) is 30.2 Å². The van der Waals surface area contributed by atoms with Crippen LogP contribution in [0.25, 0.3) is 33.3 Å². The summed E-state index contributed by atoms with van der Waals surface area (Å²) in [6, 6.07) is 13.1. The summed E-state index contributed by atoms with van der Waals surface area (Å²) in [6.45, 7) is 14.1. The van der Waals surface area contributed by atoms with E-state index >= 15 is 0 Å². The minimum atomic E-state index is -1.54. The lowest BCUT2D eigenvalue weighted by molar-refractivity contribution is -0.156. The first-order chi connectivity index (χ1) is 30.0. The number of aliphatic carboxylic acids is 1. The summed E-state index contributed by atoms with van der Waals surface area (Å²) in [5.74, 6) is -3.22. The van der Waals surface area contributed by atoms with Crippen molar-refractivity contribution >= 4 is 41.1 Å². The topological polar surface area (TPSA) is 193 Å². The van der Waals surface area contributed by atoms with Crippen molar-refractivity contribution in [3.8, 4) is 28.1 Å². The quantitative estimate of drug-likeness (QED) is 0.0634. The first-order valence-corrected chi connectivity index (χ1v) is 21.8. The van der Waals surface area contributed by atoms with Gasteiger partial charge in [-0.1, -0.05) is 39.8 Å². The lowest BCUT2D eigenvalue weighted by atomic mass is 9.84. The standard InChI is InChI=1S/C48H62N6O9/c1-9-53-39-15-14-32(25-36(39)37(26-47(5,6)27-63-28-55)42(53)35-13-12-18-49-40(35)30(4)62-8)33-21-31(22-34(56)24-33)23-38(44(58)54-20-11-10-19-50-54)51-43(57)41(29(2)3)52(7)45(59)48(16-17-48)46(60)61/h12-15,18,21-22,24-25,28-30,38,41,50,56H,9-11,16-17,19-20,23,26-27H2,1-8H3,(H,51,57)(H,60,61). The Balaban J connectivity index is 1.41. The number of carboxylic acids is 1. The van der Waals surface area contributed by atoms with Crippen molar-refractivity contribution in [3.63, 3.8) is 0 Å². The van der Waals surface area contributed by atoms with Gasteiger partial charge in [0.1, 0.15) is 23.2 Å². The number of hydrogen-bond acceptors (Lipinski definition) is 10. The van der Waals surface area contributed by atoms with Gasteiger partial charge in [0.2, 0.25) is 11.8 Å². The third-order valence-electron chi connectivity index (χ3n) is 12.5. The van der Waals surface area contributed by atoms with Crippen LogP contribution in [-0.4, -0.2) is 106 Å². The van der Waals surface area contributed by atoms with E-state index < -0.39 is 46.6 Å². The Morgan fingerprint density at radius 2 is 1.81 bits per heavy atom. The van der Waals surface area contributed by atoms with Gasteiger partial charge in [-0.3, -0.25) is 34.0 Å². The number of fused-ring (bicyclic) bond motifs is 1. The maximum absolute atomic E-state index is 14.2. The van der Waals surface area contributed by atoms with Crippen molar-refractivity contribution in [1.29, 1.82) is 0 Å². The minimum Gasteiger partial charge on any atom is -0.508 e. The van der Waals surface area contributed by atoms with E-state index in [9.17, 15) is 34.2 Å². The number of phenolic OH excluding ortho intramolecular Hbond substituents is 1. The van der Waals surface area contributed by atoms with Gasteiger partial charge in [0.05, 0.1) is 24.1 Å². The second kappa shape index (κ2) is 19.3. The SMILES string of the molecule is CCn1c(-c2cccnc2C(C)OC)c(CC(C)(C)COC=O)c2cc(-c3cc(O)cc(CC(NC(=O)C(C(C)C)N(C)C(=O)C4(C(=O)O)CC4)C(=O)N4CCCCN4)c3)ccc21. The average Bonchev–Trinajstić information content (AvgIpc) is 4.03. The monoisotopic (exact) mass is 866 g/mol. The van der Waals surface area contributed by atoms with Crippen LogP contribution < -0.4 is 10.7 Å². The summed E-state index contributed by atoms with van der Waals surface area (Å²) < 4.78 is 13.3. The van der Waals surface area contributed by atoms with Crippen LogP contribution in [0, 0.1) is 16.7 Å². The van der Waals surface area contributed by atoms with E-state index in [0.717, 1.165) is 51.8 Å². The highest BCUT2D eigenvalue weighted by Gasteiger charge is 2.59. The van der Waals surface area contributed by atoms with Crippen LogP contribution in [0.1, 0.15) is 90.2 Å². The van der Waals surface area contributed by atoms with Gasteiger partial charge in [-0.05, 0) is 111 Å². The Bertz CT molecular complexity index is 2350. The van der Waals surface area contributed by atoms with E-state index in [1.807, 2.05) is 31.2 Å². The molecular weight excluding hydrogens is 805 g/mol. The van der Waals surface area contributed by atoms with Crippen LogP contribution >= 0.6 is 0 Å². The summed E-state index contributed by atoms with van der Waals surface area (Å²) >= 11 is 0. The van der Waals surface area contributed by atoms with Crippen LogP contribution in [-0.2, 0) is 52.8 Å². The number of carboxylic acid groups (broad SMARTS) is 1. The number of hydrazine groups is 1. The zero-order valence-electron chi connectivity index (χ0n) is 37.7. The molecule has 2 aromatic carbocycles. The summed E-state index contributed by atoms with van der Waals surface area (Å²) in [7, 11) is 3.10. The second-order valence-electron chi connectivity index (χ2n) is 18.1. The minimum absolute atomic E-state index is 0.0158. The molecule has 1 aliphatic carbocycles. The number of rotatable bonds is 19. The van der Waals surface area contributed by atoms with Crippen LogP contribution in [0.2, 0.25) is 0 Å². The Kier molecular flexibility index (Phi) is 14.3. The molecule has 15 heteroatoms. The molecule has 0 radical (unpaired) electrons. The van der Waals surface area contributed by atoms with Crippen LogP contribution in [0.3, 0.4) is 0 Å². The first kappa shape index (κ1) is 46.7. The molecule has 2 aromatic heterocycles. The molecule has 3 unspecified atom stereocenters. The Hall–Kier alpha value is -5.80. The van der Waals surface area contributed by atoms with Crippen LogP contribution in [0.5, 0.6) is 5.75 Å². The number of methoxy groups -OCH3 is 1. The smallest absolute Gasteiger partial charge is 0.319 e. The van der Waals surface area contributed by atoms with Crippen molar-refractivity contribution in [2.45, 2.75) is 105 Å². The van der Waals surface area contributed by atoms with Crippen LogP contribution in [0.15, 0.2) is 54.7 Å². The second-order valence-corrected chi connectivity index (χ2v) is 18.1. The summed E-state index contributed by atoms with van der Waals surface area (Å²) in [5, 5.41) is 26.5. The number of aryl methyl sites for hydroxylation is 1. The molecule has 1 saturated carbocycles. The zero-order valence-corrected chi connectivity index (χ0v) is 37.7. The molecule has 15 nitrogen and oxygen atoms in total. The fraction of sp³-hybridized carbons (Fsp3) is 0.500. The molecule has 3 heterocycles. The first-order valence-electron chi connectivity index (χ1n) is 21.8. The summed E-state index contributed by atoms with van der Waals surface area (Å²) in [5.41, 5.74) is 7.95. The predicted molar refractivity (Wildman–Crippen MR) is 238 cm³/mol. The number of carbonyl (C=O) groups excluding carboxylic acids is 4.